The number of ketones is 1. The van der Waals surface area contributed by atoms with E-state index in [9.17, 15) is 10.0 Å². The molecule has 2 aromatic carbocycles. The Labute approximate surface area is 142 Å². The van der Waals surface area contributed by atoms with Gasteiger partial charge < -0.3 is 14.7 Å². The molecule has 1 aliphatic rings. The van der Waals surface area contributed by atoms with Crippen LogP contribution in [0.5, 0.6) is 11.5 Å². The van der Waals surface area contributed by atoms with Gasteiger partial charge in [-0.25, -0.2) is 0 Å². The summed E-state index contributed by atoms with van der Waals surface area (Å²) in [6, 6.07) is 7.62. The first-order chi connectivity index (χ1) is 11.0. The molecule has 0 atom stereocenters. The van der Waals surface area contributed by atoms with E-state index in [1.165, 1.54) is 26.4 Å². The van der Waals surface area contributed by atoms with Crippen LogP contribution < -0.4 is 9.47 Å². The van der Waals surface area contributed by atoms with Crippen LogP contribution >= 0.6 is 23.2 Å². The Morgan fingerprint density at radius 2 is 1.65 bits per heavy atom. The number of rotatable bonds is 3. The average Bonchev–Trinajstić information content (AvgIpc) is 2.78. The van der Waals surface area contributed by atoms with Crippen molar-refractivity contribution in [3.05, 3.63) is 56.7 Å². The van der Waals surface area contributed by atoms with E-state index in [1.807, 2.05) is 0 Å². The second-order valence-electron chi connectivity index (χ2n) is 4.83. The Morgan fingerprint density at radius 3 is 2.30 bits per heavy atom. The number of carbonyl (C=O) groups is 1. The molecule has 7 heteroatoms. The molecule has 0 aromatic heterocycles. The van der Waals surface area contributed by atoms with Crippen molar-refractivity contribution in [3.63, 3.8) is 0 Å². The van der Waals surface area contributed by atoms with Crippen LogP contribution in [0, 0.1) is 5.21 Å². The Kier molecular flexibility index (Phi) is 3.92. The number of benzene rings is 2. The summed E-state index contributed by atoms with van der Waals surface area (Å²) in [5.74, 6) is 0.509. The molecule has 3 rings (SSSR count). The van der Waals surface area contributed by atoms with E-state index >= 15 is 0 Å². The third-order valence-electron chi connectivity index (χ3n) is 3.58. The molecule has 5 nitrogen and oxygen atoms in total. The minimum Gasteiger partial charge on any atom is -0.618 e. The molecule has 2 aromatic rings. The molecule has 0 aliphatic carbocycles. The van der Waals surface area contributed by atoms with E-state index in [0.717, 1.165) is 0 Å². The molecule has 1 aliphatic heterocycles. The second-order valence-corrected chi connectivity index (χ2v) is 5.64. The Balaban J connectivity index is 2.16. The molecule has 0 saturated heterocycles. The normalized spacial score (nSPS) is 13.3. The molecule has 0 spiro atoms. The lowest BCUT2D eigenvalue weighted by Crippen LogP contribution is -2.16. The molecule has 0 saturated carbocycles. The molecule has 0 radical (unpaired) electrons. The van der Waals surface area contributed by atoms with Crippen molar-refractivity contribution < 1.29 is 19.0 Å². The quantitative estimate of drug-likeness (QED) is 0.622. The zero-order chi connectivity index (χ0) is 16.7. The fourth-order valence-electron chi connectivity index (χ4n) is 2.46. The van der Waals surface area contributed by atoms with Gasteiger partial charge in [0.2, 0.25) is 5.69 Å². The van der Waals surface area contributed by atoms with Gasteiger partial charge in [0.05, 0.1) is 29.8 Å². The van der Waals surface area contributed by atoms with E-state index in [1.54, 1.807) is 18.2 Å². The van der Waals surface area contributed by atoms with Crippen molar-refractivity contribution in [3.8, 4) is 11.5 Å². The van der Waals surface area contributed by atoms with E-state index in [0.29, 0.717) is 21.8 Å². The lowest BCUT2D eigenvalue weighted by Gasteiger charge is -2.08. The highest BCUT2D eigenvalue weighted by atomic mass is 35.5. The summed E-state index contributed by atoms with van der Waals surface area (Å²) in [6.07, 6.45) is 0. The van der Waals surface area contributed by atoms with Crippen LogP contribution in [0.3, 0.4) is 0 Å². The highest BCUT2D eigenvalue weighted by molar-refractivity contribution is 6.53. The summed E-state index contributed by atoms with van der Waals surface area (Å²) in [7, 11) is 2.98. The number of carbonyl (C=O) groups excluding carboxylic acids is 1. The maximum Gasteiger partial charge on any atom is 0.273 e. The zero-order valence-corrected chi connectivity index (χ0v) is 13.7. The Bertz CT molecular complexity index is 861. The molecule has 0 fully saturated rings. The number of fused-ring (bicyclic) bond motifs is 1. The van der Waals surface area contributed by atoms with Crippen molar-refractivity contribution >= 4 is 40.4 Å². The Morgan fingerprint density at radius 1 is 1.00 bits per heavy atom. The SMILES string of the molecule is COc1ccc(C2=[N+]([O-])c3cc(Cl)c(Cl)cc3C2=O)cc1OC. The van der Waals surface area contributed by atoms with Crippen molar-refractivity contribution in [2.45, 2.75) is 0 Å². The molecule has 0 unspecified atom stereocenters. The fourth-order valence-corrected chi connectivity index (χ4v) is 2.78. The van der Waals surface area contributed by atoms with Crippen LogP contribution in [0.1, 0.15) is 15.9 Å². The number of methoxy groups -OCH3 is 2. The van der Waals surface area contributed by atoms with E-state index in [4.69, 9.17) is 32.7 Å². The van der Waals surface area contributed by atoms with Crippen LogP contribution in [-0.2, 0) is 0 Å². The third kappa shape index (κ3) is 2.42. The van der Waals surface area contributed by atoms with Gasteiger partial charge in [0.1, 0.15) is 5.56 Å². The summed E-state index contributed by atoms with van der Waals surface area (Å²) < 4.78 is 10.9. The second kappa shape index (κ2) is 5.76. The molecule has 0 bridgehead atoms. The predicted octanol–water partition coefficient (Wildman–Crippen LogP) is 3.84. The first kappa shape index (κ1) is 15.6. The summed E-state index contributed by atoms with van der Waals surface area (Å²) in [4.78, 5) is 12.6. The van der Waals surface area contributed by atoms with Gasteiger partial charge >= 0.3 is 0 Å². The lowest BCUT2D eigenvalue weighted by molar-refractivity contribution is -0.355. The van der Waals surface area contributed by atoms with Crippen LogP contribution in [0.4, 0.5) is 5.69 Å². The highest BCUT2D eigenvalue weighted by Gasteiger charge is 2.37. The summed E-state index contributed by atoms with van der Waals surface area (Å²) >= 11 is 11.9. The van der Waals surface area contributed by atoms with Gasteiger partial charge in [-0.1, -0.05) is 23.2 Å². The number of Topliss-reactive ketones (excluding diaryl/α,β-unsaturated/α-hetero) is 1. The van der Waals surface area contributed by atoms with Crippen molar-refractivity contribution in [2.24, 2.45) is 0 Å². The zero-order valence-electron chi connectivity index (χ0n) is 12.2. The molecule has 1 heterocycles. The minimum absolute atomic E-state index is 0.0145. The highest BCUT2D eigenvalue weighted by Crippen LogP contribution is 2.36. The van der Waals surface area contributed by atoms with E-state index in [2.05, 4.69) is 0 Å². The topological polar surface area (TPSA) is 61.6 Å². The van der Waals surface area contributed by atoms with Crippen LogP contribution in [-0.4, -0.2) is 30.5 Å². The van der Waals surface area contributed by atoms with Gasteiger partial charge in [0, 0.05) is 6.07 Å². The molecule has 23 heavy (non-hydrogen) atoms. The van der Waals surface area contributed by atoms with E-state index in [-0.39, 0.29) is 27.0 Å². The first-order valence-corrected chi connectivity index (χ1v) is 7.34. The molecular weight excluding hydrogens is 341 g/mol. The molecule has 0 amide bonds. The standard InChI is InChI=1S/C16H11Cl2NO4/c1-22-13-4-3-8(5-14(13)23-2)15-16(20)9-6-10(17)11(18)7-12(9)19(15)21/h3-7H,1-2H3. The number of hydrogen-bond acceptors (Lipinski definition) is 4. The van der Waals surface area contributed by atoms with Crippen LogP contribution in [0.2, 0.25) is 10.0 Å². The average molecular weight is 352 g/mol. The predicted molar refractivity (Wildman–Crippen MR) is 87.7 cm³/mol. The maximum absolute atomic E-state index is 12.6. The Hall–Kier alpha value is -2.24. The monoisotopic (exact) mass is 351 g/mol. The maximum atomic E-state index is 12.6. The summed E-state index contributed by atoms with van der Waals surface area (Å²) in [5, 5.41) is 12.9. The lowest BCUT2D eigenvalue weighted by atomic mass is 10.0. The van der Waals surface area contributed by atoms with Crippen LogP contribution in [0.25, 0.3) is 0 Å². The van der Waals surface area contributed by atoms with E-state index < -0.39 is 5.78 Å². The fraction of sp³-hybridized carbons (Fsp3) is 0.125. The smallest absolute Gasteiger partial charge is 0.273 e. The van der Waals surface area contributed by atoms with Crippen molar-refractivity contribution in [1.82, 2.24) is 0 Å². The van der Waals surface area contributed by atoms with Crippen molar-refractivity contribution in [1.29, 1.82) is 0 Å². The number of ether oxygens (including phenoxy) is 2. The van der Waals surface area contributed by atoms with Gasteiger partial charge in [-0.3, -0.25) is 4.79 Å². The largest absolute Gasteiger partial charge is 0.618 e. The number of nitrogens with zero attached hydrogens (tertiary/aromatic N) is 1. The summed E-state index contributed by atoms with van der Waals surface area (Å²) in [6.45, 7) is 0. The number of halogens is 2. The first-order valence-electron chi connectivity index (χ1n) is 6.58. The van der Waals surface area contributed by atoms with Gasteiger partial charge in [-0.15, -0.1) is 0 Å². The third-order valence-corrected chi connectivity index (χ3v) is 4.30. The molecule has 118 valence electrons. The van der Waals surface area contributed by atoms with Gasteiger partial charge in [-0.05, 0) is 24.3 Å². The minimum atomic E-state index is -0.416. The summed E-state index contributed by atoms with van der Waals surface area (Å²) in [5.41, 5.74) is 0.804. The van der Waals surface area contributed by atoms with Gasteiger partial charge in [0.15, 0.2) is 11.5 Å². The molecule has 0 N–H and O–H groups in total. The van der Waals surface area contributed by atoms with Crippen molar-refractivity contribution in [2.75, 3.05) is 14.2 Å². The van der Waals surface area contributed by atoms with Gasteiger partial charge in [-0.2, -0.15) is 4.74 Å². The number of hydrogen-bond donors (Lipinski definition) is 0. The van der Waals surface area contributed by atoms with Crippen LogP contribution in [0.15, 0.2) is 30.3 Å². The molecular formula is C16H11Cl2NO4. The van der Waals surface area contributed by atoms with Gasteiger partial charge in [0.25, 0.3) is 11.5 Å².